The Labute approximate surface area is 121 Å². The van der Waals surface area contributed by atoms with Gasteiger partial charge in [0.05, 0.1) is 11.0 Å². The molecule has 0 bridgehead atoms. The number of non-ortho nitro benzene ring substituents is 1. The van der Waals surface area contributed by atoms with Gasteiger partial charge in [-0.15, -0.1) is 0 Å². The molecule has 1 rings (SSSR count). The molecule has 0 heterocycles. The van der Waals surface area contributed by atoms with Crippen molar-refractivity contribution in [2.45, 2.75) is 18.9 Å². The number of hydrogen-bond acceptors (Lipinski definition) is 5. The number of nitro groups is 1. The molecular weight excluding hydrogens is 276 g/mol. The lowest BCUT2D eigenvalue weighted by Crippen LogP contribution is -2.35. The molecule has 9 nitrogen and oxygen atoms in total. The van der Waals surface area contributed by atoms with Crippen LogP contribution in [0.4, 0.5) is 11.4 Å². The second-order valence-corrected chi connectivity index (χ2v) is 4.35. The number of nitrogens with zero attached hydrogens (tertiary/aromatic N) is 2. The predicted octanol–water partition coefficient (Wildman–Crippen LogP) is -0.0858. The predicted molar refractivity (Wildman–Crippen MR) is 79.6 cm³/mol. The molecule has 0 fully saturated rings. The third-order valence-corrected chi connectivity index (χ3v) is 2.65. The number of aliphatic imine (C=N–C) groups is 1. The Morgan fingerprint density at radius 1 is 1.33 bits per heavy atom. The Morgan fingerprint density at radius 2 is 1.95 bits per heavy atom. The number of hydrogen-bond donors (Lipinski definition) is 4. The topological polar surface area (TPSA) is 163 Å². The van der Waals surface area contributed by atoms with Crippen LogP contribution in [0.15, 0.2) is 29.3 Å². The van der Waals surface area contributed by atoms with E-state index in [1.54, 1.807) is 0 Å². The van der Waals surface area contributed by atoms with Crippen LogP contribution < -0.4 is 22.5 Å². The van der Waals surface area contributed by atoms with Crippen molar-refractivity contribution in [1.29, 1.82) is 0 Å². The molecule has 0 saturated heterocycles. The third kappa shape index (κ3) is 5.87. The Bertz CT molecular complexity index is 524. The summed E-state index contributed by atoms with van der Waals surface area (Å²) in [5.41, 5.74) is 16.5. The lowest BCUT2D eigenvalue weighted by molar-refractivity contribution is -0.384. The molecule has 0 aliphatic rings. The highest BCUT2D eigenvalue weighted by Gasteiger charge is 2.13. The van der Waals surface area contributed by atoms with Gasteiger partial charge in [0.2, 0.25) is 5.91 Å². The average molecular weight is 294 g/mol. The second-order valence-electron chi connectivity index (χ2n) is 4.35. The zero-order chi connectivity index (χ0) is 15.8. The van der Waals surface area contributed by atoms with Crippen LogP contribution >= 0.6 is 0 Å². The van der Waals surface area contributed by atoms with Crippen LogP contribution in [0.5, 0.6) is 0 Å². The maximum absolute atomic E-state index is 11.8. The summed E-state index contributed by atoms with van der Waals surface area (Å²) in [5.74, 6) is -0.368. The number of anilines is 1. The van der Waals surface area contributed by atoms with Gasteiger partial charge in [-0.3, -0.25) is 19.9 Å². The van der Waals surface area contributed by atoms with E-state index >= 15 is 0 Å². The summed E-state index contributed by atoms with van der Waals surface area (Å²) in [4.78, 5) is 25.6. The SMILES string of the molecule is NC(N)=NCCC[C@H](N)C(=O)Nc1ccc([N+](=O)[O-])cc1. The normalized spacial score (nSPS) is 11.5. The molecule has 0 aliphatic carbocycles. The maximum Gasteiger partial charge on any atom is 0.269 e. The van der Waals surface area contributed by atoms with Crippen molar-refractivity contribution in [2.75, 3.05) is 11.9 Å². The van der Waals surface area contributed by atoms with E-state index in [4.69, 9.17) is 17.2 Å². The number of guanidine groups is 1. The van der Waals surface area contributed by atoms with E-state index in [-0.39, 0.29) is 17.6 Å². The molecule has 0 aliphatic heterocycles. The van der Waals surface area contributed by atoms with E-state index in [1.165, 1.54) is 24.3 Å². The van der Waals surface area contributed by atoms with Crippen LogP contribution in [-0.2, 0) is 4.79 Å². The first kappa shape index (κ1) is 16.4. The highest BCUT2D eigenvalue weighted by Crippen LogP contribution is 2.15. The fourth-order valence-corrected chi connectivity index (χ4v) is 1.55. The first-order valence-electron chi connectivity index (χ1n) is 6.26. The molecule has 0 aromatic heterocycles. The summed E-state index contributed by atoms with van der Waals surface area (Å²) < 4.78 is 0. The second kappa shape index (κ2) is 7.80. The molecule has 21 heavy (non-hydrogen) atoms. The van der Waals surface area contributed by atoms with Gasteiger partial charge in [-0.25, -0.2) is 0 Å². The van der Waals surface area contributed by atoms with E-state index in [0.29, 0.717) is 25.1 Å². The van der Waals surface area contributed by atoms with Crippen LogP contribution in [0, 0.1) is 10.1 Å². The third-order valence-electron chi connectivity index (χ3n) is 2.65. The zero-order valence-corrected chi connectivity index (χ0v) is 11.4. The molecule has 114 valence electrons. The zero-order valence-electron chi connectivity index (χ0n) is 11.4. The highest BCUT2D eigenvalue weighted by molar-refractivity contribution is 5.94. The van der Waals surface area contributed by atoms with Gasteiger partial charge < -0.3 is 22.5 Å². The minimum Gasteiger partial charge on any atom is -0.370 e. The molecule has 1 amide bonds. The first-order chi connectivity index (χ1) is 9.90. The molecule has 0 unspecified atom stereocenters. The van der Waals surface area contributed by atoms with Crippen molar-refractivity contribution in [3.63, 3.8) is 0 Å². The molecule has 1 aromatic rings. The quantitative estimate of drug-likeness (QED) is 0.180. The number of carbonyl (C=O) groups excluding carboxylic acids is 1. The minimum atomic E-state index is -0.700. The summed E-state index contributed by atoms with van der Waals surface area (Å²) in [5, 5.41) is 13.1. The fourth-order valence-electron chi connectivity index (χ4n) is 1.55. The minimum absolute atomic E-state index is 0.00102. The molecule has 0 spiro atoms. The Morgan fingerprint density at radius 3 is 2.48 bits per heavy atom. The van der Waals surface area contributed by atoms with Gasteiger partial charge in [0.25, 0.3) is 5.69 Å². The Kier molecular flexibility index (Phi) is 6.08. The number of benzene rings is 1. The Balaban J connectivity index is 2.44. The van der Waals surface area contributed by atoms with Gasteiger partial charge >= 0.3 is 0 Å². The van der Waals surface area contributed by atoms with Gasteiger partial charge in [0, 0.05) is 24.4 Å². The number of carbonyl (C=O) groups is 1. The molecular formula is C12H18N6O3. The number of nitrogens with one attached hydrogen (secondary N) is 1. The van der Waals surface area contributed by atoms with Crippen molar-refractivity contribution in [3.8, 4) is 0 Å². The van der Waals surface area contributed by atoms with Crippen LogP contribution in [0.3, 0.4) is 0 Å². The summed E-state index contributed by atoms with van der Waals surface area (Å²) in [6, 6.07) is 4.80. The van der Waals surface area contributed by atoms with Gasteiger partial charge in [0.15, 0.2) is 5.96 Å². The van der Waals surface area contributed by atoms with Gasteiger partial charge in [-0.2, -0.15) is 0 Å². The van der Waals surface area contributed by atoms with E-state index in [9.17, 15) is 14.9 Å². The molecule has 9 heteroatoms. The average Bonchev–Trinajstić information content (AvgIpc) is 2.43. The van der Waals surface area contributed by atoms with Gasteiger partial charge in [-0.05, 0) is 25.0 Å². The summed E-state index contributed by atoms with van der Waals surface area (Å²) in [6.45, 7) is 0.404. The molecule has 1 aromatic carbocycles. The van der Waals surface area contributed by atoms with Crippen molar-refractivity contribution in [1.82, 2.24) is 0 Å². The lowest BCUT2D eigenvalue weighted by Gasteiger charge is -2.11. The van der Waals surface area contributed by atoms with Crippen LogP contribution in [0.2, 0.25) is 0 Å². The van der Waals surface area contributed by atoms with Gasteiger partial charge in [-0.1, -0.05) is 0 Å². The van der Waals surface area contributed by atoms with Crippen molar-refractivity contribution in [3.05, 3.63) is 34.4 Å². The summed E-state index contributed by atoms with van der Waals surface area (Å²) in [7, 11) is 0. The summed E-state index contributed by atoms with van der Waals surface area (Å²) in [6.07, 6.45) is 1.00. The Hall–Kier alpha value is -2.68. The summed E-state index contributed by atoms with van der Waals surface area (Å²) >= 11 is 0. The monoisotopic (exact) mass is 294 g/mol. The maximum atomic E-state index is 11.8. The van der Waals surface area contributed by atoms with E-state index in [1.807, 2.05) is 0 Å². The molecule has 0 radical (unpaired) electrons. The number of amides is 1. The van der Waals surface area contributed by atoms with Crippen molar-refractivity contribution >= 4 is 23.2 Å². The van der Waals surface area contributed by atoms with E-state index < -0.39 is 11.0 Å². The largest absolute Gasteiger partial charge is 0.370 e. The number of nitrogens with two attached hydrogens (primary N) is 3. The van der Waals surface area contributed by atoms with Crippen molar-refractivity contribution < 1.29 is 9.72 Å². The van der Waals surface area contributed by atoms with E-state index in [2.05, 4.69) is 10.3 Å². The van der Waals surface area contributed by atoms with Crippen LogP contribution in [-0.4, -0.2) is 29.4 Å². The van der Waals surface area contributed by atoms with Crippen LogP contribution in [0.25, 0.3) is 0 Å². The molecule has 1 atom stereocenters. The fraction of sp³-hybridized carbons (Fsp3) is 0.333. The first-order valence-corrected chi connectivity index (χ1v) is 6.26. The van der Waals surface area contributed by atoms with Crippen LogP contribution in [0.1, 0.15) is 12.8 Å². The smallest absolute Gasteiger partial charge is 0.269 e. The number of nitro benzene ring substituents is 1. The number of rotatable bonds is 7. The standard InChI is InChI=1S/C12H18N6O3/c13-10(2-1-7-16-12(14)15)11(19)17-8-3-5-9(6-4-8)18(20)21/h3-6,10H,1-2,7,13H2,(H,17,19)(H4,14,15,16)/t10-/m0/s1. The van der Waals surface area contributed by atoms with Crippen molar-refractivity contribution in [2.24, 2.45) is 22.2 Å². The molecule has 0 saturated carbocycles. The van der Waals surface area contributed by atoms with E-state index in [0.717, 1.165) is 0 Å². The lowest BCUT2D eigenvalue weighted by atomic mass is 10.1. The molecule has 7 N–H and O–H groups in total. The highest BCUT2D eigenvalue weighted by atomic mass is 16.6. The van der Waals surface area contributed by atoms with Gasteiger partial charge in [0.1, 0.15) is 0 Å².